The molecule has 0 amide bonds. The van der Waals surface area contributed by atoms with Crippen LogP contribution >= 0.6 is 0 Å². The summed E-state index contributed by atoms with van der Waals surface area (Å²) in [6, 6.07) is 9.41. The van der Waals surface area contributed by atoms with Gasteiger partial charge in [-0.15, -0.1) is 0 Å². The fourth-order valence-corrected chi connectivity index (χ4v) is 3.14. The highest BCUT2D eigenvalue weighted by molar-refractivity contribution is 6.02. The Hall–Kier alpha value is -2.10. The maximum absolute atomic E-state index is 11.2. The van der Waals surface area contributed by atoms with Crippen molar-refractivity contribution in [3.8, 4) is 0 Å². The van der Waals surface area contributed by atoms with Crippen LogP contribution in [0.2, 0.25) is 0 Å². The minimum Gasteiger partial charge on any atom is -0.478 e. The van der Waals surface area contributed by atoms with Crippen molar-refractivity contribution < 1.29 is 9.90 Å². The average Bonchev–Trinajstić information content (AvgIpc) is 2.48. The average molecular weight is 284 g/mol. The van der Waals surface area contributed by atoms with Crippen LogP contribution < -0.4 is 5.32 Å². The molecule has 1 aromatic carbocycles. The second kappa shape index (κ2) is 5.72. The van der Waals surface area contributed by atoms with Crippen LogP contribution in [-0.4, -0.2) is 22.1 Å². The molecule has 4 heteroatoms. The van der Waals surface area contributed by atoms with Crippen molar-refractivity contribution >= 4 is 22.7 Å². The standard InChI is InChI=1S/C17H20N2O2/c1-11-5-2-3-7-14(11)18-16-10-9-12-13(17(20)21)6-4-8-15(12)19-16/h4,6,8-11,14H,2-3,5,7H2,1H3,(H,18,19)(H,20,21). The number of fused-ring (bicyclic) bond motifs is 1. The molecule has 0 spiro atoms. The third-order valence-electron chi connectivity index (χ3n) is 4.41. The smallest absolute Gasteiger partial charge is 0.336 e. The molecule has 0 bridgehead atoms. The van der Waals surface area contributed by atoms with E-state index in [1.807, 2.05) is 18.2 Å². The van der Waals surface area contributed by atoms with Crippen LogP contribution in [0.5, 0.6) is 0 Å². The van der Waals surface area contributed by atoms with E-state index in [0.29, 0.717) is 22.9 Å². The van der Waals surface area contributed by atoms with Gasteiger partial charge in [-0.1, -0.05) is 25.8 Å². The number of benzene rings is 1. The molecule has 2 N–H and O–H groups in total. The monoisotopic (exact) mass is 284 g/mol. The van der Waals surface area contributed by atoms with Gasteiger partial charge in [0.25, 0.3) is 0 Å². The Balaban J connectivity index is 1.89. The Kier molecular flexibility index (Phi) is 3.78. The lowest BCUT2D eigenvalue weighted by Crippen LogP contribution is -2.30. The summed E-state index contributed by atoms with van der Waals surface area (Å²) in [5, 5.41) is 13.4. The van der Waals surface area contributed by atoms with Gasteiger partial charge in [0.2, 0.25) is 0 Å². The number of hydrogen-bond acceptors (Lipinski definition) is 3. The van der Waals surface area contributed by atoms with E-state index in [1.54, 1.807) is 12.1 Å². The topological polar surface area (TPSA) is 62.2 Å². The van der Waals surface area contributed by atoms with E-state index in [2.05, 4.69) is 17.2 Å². The number of rotatable bonds is 3. The molecule has 1 saturated carbocycles. The molecule has 21 heavy (non-hydrogen) atoms. The Bertz CT molecular complexity index is 669. The number of anilines is 1. The van der Waals surface area contributed by atoms with Gasteiger partial charge in [-0.05, 0) is 43.0 Å². The van der Waals surface area contributed by atoms with E-state index >= 15 is 0 Å². The molecule has 0 radical (unpaired) electrons. The summed E-state index contributed by atoms with van der Waals surface area (Å²) in [4.78, 5) is 15.8. The molecule has 0 aliphatic heterocycles. The first kappa shape index (κ1) is 13.9. The highest BCUT2D eigenvalue weighted by Crippen LogP contribution is 2.27. The fraction of sp³-hybridized carbons (Fsp3) is 0.412. The molecular formula is C17H20N2O2. The van der Waals surface area contributed by atoms with Gasteiger partial charge in [0.05, 0.1) is 11.1 Å². The zero-order valence-corrected chi connectivity index (χ0v) is 12.2. The first-order valence-electron chi connectivity index (χ1n) is 7.55. The van der Waals surface area contributed by atoms with Gasteiger partial charge in [-0.2, -0.15) is 0 Å². The third-order valence-corrected chi connectivity index (χ3v) is 4.41. The minimum atomic E-state index is -0.913. The van der Waals surface area contributed by atoms with Crippen LogP contribution in [0, 0.1) is 5.92 Å². The van der Waals surface area contributed by atoms with Crippen molar-refractivity contribution in [3.63, 3.8) is 0 Å². The summed E-state index contributed by atoms with van der Waals surface area (Å²) in [6.07, 6.45) is 5.01. The number of nitrogens with zero attached hydrogens (tertiary/aromatic N) is 1. The normalized spacial score (nSPS) is 22.1. The van der Waals surface area contributed by atoms with E-state index in [4.69, 9.17) is 0 Å². The van der Waals surface area contributed by atoms with Crippen molar-refractivity contribution in [2.75, 3.05) is 5.32 Å². The number of aromatic carboxylic acids is 1. The van der Waals surface area contributed by atoms with E-state index in [-0.39, 0.29) is 0 Å². The maximum Gasteiger partial charge on any atom is 0.336 e. The lowest BCUT2D eigenvalue weighted by Gasteiger charge is -2.30. The van der Waals surface area contributed by atoms with Crippen LogP contribution in [0.3, 0.4) is 0 Å². The van der Waals surface area contributed by atoms with E-state index in [1.165, 1.54) is 25.7 Å². The number of hydrogen-bond donors (Lipinski definition) is 2. The summed E-state index contributed by atoms with van der Waals surface area (Å²) >= 11 is 0. The zero-order chi connectivity index (χ0) is 14.8. The number of carboxylic acid groups (broad SMARTS) is 1. The number of aromatic nitrogens is 1. The van der Waals surface area contributed by atoms with Crippen LogP contribution in [-0.2, 0) is 0 Å². The molecule has 1 aromatic heterocycles. The van der Waals surface area contributed by atoms with Gasteiger partial charge in [0, 0.05) is 11.4 Å². The number of carbonyl (C=O) groups is 1. The molecule has 2 atom stereocenters. The second-order valence-corrected chi connectivity index (χ2v) is 5.89. The summed E-state index contributed by atoms with van der Waals surface area (Å²) in [7, 11) is 0. The van der Waals surface area contributed by atoms with Crippen molar-refractivity contribution in [1.82, 2.24) is 4.98 Å². The molecule has 3 rings (SSSR count). The summed E-state index contributed by atoms with van der Waals surface area (Å²) in [5.41, 5.74) is 1.03. The zero-order valence-electron chi connectivity index (χ0n) is 12.2. The van der Waals surface area contributed by atoms with Gasteiger partial charge < -0.3 is 10.4 Å². The Morgan fingerprint density at radius 2 is 2.05 bits per heavy atom. The second-order valence-electron chi connectivity index (χ2n) is 5.89. The van der Waals surface area contributed by atoms with Gasteiger partial charge in [0.15, 0.2) is 0 Å². The van der Waals surface area contributed by atoms with Crippen molar-refractivity contribution in [2.45, 2.75) is 38.6 Å². The summed E-state index contributed by atoms with van der Waals surface area (Å²) in [5.74, 6) is 0.578. The fourth-order valence-electron chi connectivity index (χ4n) is 3.14. The predicted octanol–water partition coefficient (Wildman–Crippen LogP) is 3.92. The van der Waals surface area contributed by atoms with Gasteiger partial charge in [-0.3, -0.25) is 0 Å². The van der Waals surface area contributed by atoms with Crippen LogP contribution in [0.4, 0.5) is 5.82 Å². The third kappa shape index (κ3) is 2.84. The summed E-state index contributed by atoms with van der Waals surface area (Å²) in [6.45, 7) is 2.28. The van der Waals surface area contributed by atoms with Gasteiger partial charge >= 0.3 is 5.97 Å². The predicted molar refractivity (Wildman–Crippen MR) is 83.7 cm³/mol. The van der Waals surface area contributed by atoms with E-state index in [0.717, 1.165) is 11.3 Å². The molecule has 1 aliphatic carbocycles. The lowest BCUT2D eigenvalue weighted by molar-refractivity contribution is 0.0699. The quantitative estimate of drug-likeness (QED) is 0.896. The Labute approximate surface area is 124 Å². The summed E-state index contributed by atoms with van der Waals surface area (Å²) < 4.78 is 0. The first-order valence-corrected chi connectivity index (χ1v) is 7.55. The number of carboxylic acids is 1. The van der Waals surface area contributed by atoms with E-state index < -0.39 is 5.97 Å². The van der Waals surface area contributed by atoms with Crippen molar-refractivity contribution in [2.24, 2.45) is 5.92 Å². The van der Waals surface area contributed by atoms with Crippen molar-refractivity contribution in [1.29, 1.82) is 0 Å². The Morgan fingerprint density at radius 3 is 2.81 bits per heavy atom. The van der Waals surface area contributed by atoms with Crippen LogP contribution in [0.15, 0.2) is 30.3 Å². The van der Waals surface area contributed by atoms with Gasteiger partial charge in [-0.25, -0.2) is 9.78 Å². The SMILES string of the molecule is CC1CCCCC1Nc1ccc2c(C(=O)O)cccc2n1. The molecule has 1 heterocycles. The van der Waals surface area contributed by atoms with Crippen LogP contribution in [0.25, 0.3) is 10.9 Å². The van der Waals surface area contributed by atoms with E-state index in [9.17, 15) is 9.90 Å². The van der Waals surface area contributed by atoms with Gasteiger partial charge in [0.1, 0.15) is 5.82 Å². The lowest BCUT2D eigenvalue weighted by atomic mass is 9.86. The molecule has 1 aliphatic rings. The molecule has 4 nitrogen and oxygen atoms in total. The molecule has 2 unspecified atom stereocenters. The van der Waals surface area contributed by atoms with Crippen LogP contribution in [0.1, 0.15) is 43.0 Å². The minimum absolute atomic E-state index is 0.303. The number of pyridine rings is 1. The Morgan fingerprint density at radius 1 is 1.24 bits per heavy atom. The number of nitrogens with one attached hydrogen (secondary N) is 1. The molecular weight excluding hydrogens is 264 g/mol. The molecule has 0 saturated heterocycles. The molecule has 1 fully saturated rings. The maximum atomic E-state index is 11.2. The largest absolute Gasteiger partial charge is 0.478 e. The van der Waals surface area contributed by atoms with Crippen molar-refractivity contribution in [3.05, 3.63) is 35.9 Å². The first-order chi connectivity index (χ1) is 10.1. The highest BCUT2D eigenvalue weighted by atomic mass is 16.4. The highest BCUT2D eigenvalue weighted by Gasteiger charge is 2.21. The molecule has 110 valence electrons. The molecule has 2 aromatic rings.